The van der Waals surface area contributed by atoms with E-state index in [2.05, 4.69) is 24.4 Å². The molecular weight excluding hydrogens is 411 g/mol. The highest BCUT2D eigenvalue weighted by atomic mass is 32.2. The zero-order valence-corrected chi connectivity index (χ0v) is 18.5. The van der Waals surface area contributed by atoms with Gasteiger partial charge in [-0.15, -0.1) is 0 Å². The van der Waals surface area contributed by atoms with Gasteiger partial charge in [-0.05, 0) is 36.6 Å². The predicted molar refractivity (Wildman–Crippen MR) is 118 cm³/mol. The molecule has 2 rings (SSSR count). The van der Waals surface area contributed by atoms with E-state index in [0.717, 1.165) is 16.3 Å². The lowest BCUT2D eigenvalue weighted by Crippen LogP contribution is -2.50. The first-order valence-corrected chi connectivity index (χ1v) is 12.4. The minimum absolute atomic E-state index is 0.120. The van der Waals surface area contributed by atoms with Gasteiger partial charge in [-0.3, -0.25) is 9.10 Å². The average Bonchev–Trinajstić information content (AvgIpc) is 2.67. The molecule has 0 heterocycles. The van der Waals surface area contributed by atoms with Crippen LogP contribution >= 0.6 is 11.8 Å². The lowest BCUT2D eigenvalue weighted by molar-refractivity contribution is -0.122. The summed E-state index contributed by atoms with van der Waals surface area (Å²) in [5.74, 6) is 0.412. The third-order valence-corrected chi connectivity index (χ3v) is 6.66. The van der Waals surface area contributed by atoms with Crippen LogP contribution in [0.25, 0.3) is 0 Å². The molecule has 0 aliphatic carbocycles. The Balaban J connectivity index is 1.99. The molecule has 0 saturated heterocycles. The largest absolute Gasteiger partial charge is 0.353 e. The molecule has 0 spiro atoms. The number of carbonyl (C=O) groups excluding carboxylic acids is 1. The van der Waals surface area contributed by atoms with Crippen molar-refractivity contribution < 1.29 is 17.6 Å². The van der Waals surface area contributed by atoms with Crippen molar-refractivity contribution in [3.8, 4) is 0 Å². The molecule has 0 saturated carbocycles. The van der Waals surface area contributed by atoms with E-state index in [1.54, 1.807) is 24.8 Å². The molecule has 158 valence electrons. The molecule has 2 aromatic carbocycles. The first kappa shape index (κ1) is 23.2. The van der Waals surface area contributed by atoms with E-state index < -0.39 is 27.8 Å². The van der Waals surface area contributed by atoms with Gasteiger partial charge in [0.25, 0.3) is 0 Å². The molecule has 2 aromatic rings. The predicted octanol–water partition coefficient (Wildman–Crippen LogP) is 3.73. The van der Waals surface area contributed by atoms with Gasteiger partial charge in [0.2, 0.25) is 15.9 Å². The van der Waals surface area contributed by atoms with Crippen LogP contribution in [-0.4, -0.2) is 38.9 Å². The summed E-state index contributed by atoms with van der Waals surface area (Å²) in [7, 11) is -3.85. The van der Waals surface area contributed by atoms with Crippen molar-refractivity contribution in [2.45, 2.75) is 32.1 Å². The second-order valence-electron chi connectivity index (χ2n) is 6.70. The molecule has 0 bridgehead atoms. The van der Waals surface area contributed by atoms with E-state index in [-0.39, 0.29) is 12.1 Å². The van der Waals surface area contributed by atoms with Crippen molar-refractivity contribution in [3.63, 3.8) is 0 Å². The van der Waals surface area contributed by atoms with Crippen molar-refractivity contribution in [2.24, 2.45) is 0 Å². The number of nitrogens with one attached hydrogen (secondary N) is 1. The maximum Gasteiger partial charge on any atom is 0.243 e. The molecule has 29 heavy (non-hydrogen) atoms. The van der Waals surface area contributed by atoms with Gasteiger partial charge in [0.05, 0.1) is 11.9 Å². The third-order valence-electron chi connectivity index (χ3n) is 4.48. The highest BCUT2D eigenvalue weighted by molar-refractivity contribution is 7.98. The summed E-state index contributed by atoms with van der Waals surface area (Å²) in [6.45, 7) is 4.17. The lowest BCUT2D eigenvalue weighted by Gasteiger charge is -2.30. The van der Waals surface area contributed by atoms with Crippen LogP contribution in [0, 0.1) is 12.7 Å². The number of anilines is 1. The standard InChI is InChI=1S/C21H27FN2O3S2/c1-4-19(24(29(3,26)27)20-12-8-7-11-18(20)22)21(25)23-13-14-28-15-17-10-6-5-9-16(17)2/h5-12,19H,4,13-15H2,1-3H3,(H,23,25)/t19-/m0/s1. The molecule has 1 atom stereocenters. The Bertz CT molecular complexity index is 935. The number of hydrogen-bond donors (Lipinski definition) is 1. The minimum atomic E-state index is -3.85. The third kappa shape index (κ3) is 6.47. The van der Waals surface area contributed by atoms with Gasteiger partial charge in [-0.25, -0.2) is 12.8 Å². The van der Waals surface area contributed by atoms with E-state index in [1.165, 1.54) is 29.3 Å². The summed E-state index contributed by atoms with van der Waals surface area (Å²) >= 11 is 1.69. The fraction of sp³-hybridized carbons (Fsp3) is 0.381. The molecule has 5 nitrogen and oxygen atoms in total. The Morgan fingerprint density at radius 1 is 1.17 bits per heavy atom. The van der Waals surface area contributed by atoms with Gasteiger partial charge in [-0.2, -0.15) is 11.8 Å². The Morgan fingerprint density at radius 3 is 2.45 bits per heavy atom. The van der Waals surface area contributed by atoms with Crippen molar-refractivity contribution in [1.29, 1.82) is 0 Å². The van der Waals surface area contributed by atoms with Crippen LogP contribution in [0.3, 0.4) is 0 Å². The lowest BCUT2D eigenvalue weighted by atomic mass is 10.1. The topological polar surface area (TPSA) is 66.5 Å². The van der Waals surface area contributed by atoms with Gasteiger partial charge < -0.3 is 5.32 Å². The molecule has 0 unspecified atom stereocenters. The summed E-state index contributed by atoms with van der Waals surface area (Å²) in [6.07, 6.45) is 1.21. The highest BCUT2D eigenvalue weighted by Crippen LogP contribution is 2.25. The Kier molecular flexibility index (Phi) is 8.52. The van der Waals surface area contributed by atoms with Gasteiger partial charge in [0, 0.05) is 18.1 Å². The smallest absolute Gasteiger partial charge is 0.243 e. The Morgan fingerprint density at radius 2 is 1.83 bits per heavy atom. The number of halogens is 1. The highest BCUT2D eigenvalue weighted by Gasteiger charge is 2.32. The number of hydrogen-bond acceptors (Lipinski definition) is 4. The molecule has 1 amide bonds. The number of nitrogens with zero attached hydrogens (tertiary/aromatic N) is 1. The summed E-state index contributed by atoms with van der Waals surface area (Å²) in [6, 6.07) is 12.7. The quantitative estimate of drug-likeness (QED) is 0.574. The van der Waals surface area contributed by atoms with E-state index >= 15 is 0 Å². The van der Waals surface area contributed by atoms with Gasteiger partial charge in [-0.1, -0.05) is 43.3 Å². The van der Waals surface area contributed by atoms with Crippen molar-refractivity contribution in [1.82, 2.24) is 5.32 Å². The van der Waals surface area contributed by atoms with Crippen LogP contribution in [0.15, 0.2) is 48.5 Å². The van der Waals surface area contributed by atoms with Crippen LogP contribution in [-0.2, 0) is 20.6 Å². The summed E-state index contributed by atoms with van der Waals surface area (Å²) in [4.78, 5) is 12.7. The Hall–Kier alpha value is -2.06. The molecule has 0 aromatic heterocycles. The Labute approximate surface area is 176 Å². The van der Waals surface area contributed by atoms with E-state index in [1.807, 2.05) is 12.1 Å². The number of sulfonamides is 1. The summed E-state index contributed by atoms with van der Waals surface area (Å²) < 4.78 is 39.8. The van der Waals surface area contributed by atoms with Crippen LogP contribution in [0.2, 0.25) is 0 Å². The fourth-order valence-corrected chi connectivity index (χ4v) is 5.13. The van der Waals surface area contributed by atoms with Crippen LogP contribution in [0.5, 0.6) is 0 Å². The van der Waals surface area contributed by atoms with Crippen molar-refractivity contribution >= 4 is 33.4 Å². The fourth-order valence-electron chi connectivity index (χ4n) is 2.98. The number of aryl methyl sites for hydroxylation is 1. The number of carbonyl (C=O) groups is 1. The minimum Gasteiger partial charge on any atom is -0.353 e. The van der Waals surface area contributed by atoms with Gasteiger partial charge >= 0.3 is 0 Å². The van der Waals surface area contributed by atoms with Crippen LogP contribution < -0.4 is 9.62 Å². The second-order valence-corrected chi connectivity index (χ2v) is 9.67. The van der Waals surface area contributed by atoms with Gasteiger partial charge in [0.15, 0.2) is 0 Å². The zero-order valence-electron chi connectivity index (χ0n) is 16.9. The SMILES string of the molecule is CC[C@@H](C(=O)NCCSCc1ccccc1C)N(c1ccccc1F)S(C)(=O)=O. The molecule has 8 heteroatoms. The number of amides is 1. The molecular formula is C21H27FN2O3S2. The zero-order chi connectivity index (χ0) is 21.4. The molecule has 0 aliphatic rings. The van der Waals surface area contributed by atoms with E-state index in [0.29, 0.717) is 12.3 Å². The van der Waals surface area contributed by atoms with Gasteiger partial charge in [0.1, 0.15) is 11.9 Å². The maximum atomic E-state index is 14.2. The van der Waals surface area contributed by atoms with Crippen molar-refractivity contribution in [2.75, 3.05) is 22.9 Å². The summed E-state index contributed by atoms with van der Waals surface area (Å²) in [5, 5.41) is 2.79. The van der Waals surface area contributed by atoms with Crippen LogP contribution in [0.4, 0.5) is 10.1 Å². The van der Waals surface area contributed by atoms with E-state index in [4.69, 9.17) is 0 Å². The maximum absolute atomic E-state index is 14.2. The molecule has 0 aliphatic heterocycles. The average molecular weight is 439 g/mol. The first-order chi connectivity index (χ1) is 13.8. The van der Waals surface area contributed by atoms with Crippen LogP contribution in [0.1, 0.15) is 24.5 Å². The number of rotatable bonds is 10. The number of para-hydroxylation sites is 1. The second kappa shape index (κ2) is 10.6. The number of thioether (sulfide) groups is 1. The van der Waals surface area contributed by atoms with Crippen molar-refractivity contribution in [3.05, 3.63) is 65.5 Å². The number of benzene rings is 2. The molecule has 1 N–H and O–H groups in total. The normalized spacial score (nSPS) is 12.4. The molecule has 0 radical (unpaired) electrons. The monoisotopic (exact) mass is 438 g/mol. The molecule has 0 fully saturated rings. The first-order valence-electron chi connectivity index (χ1n) is 9.39. The van der Waals surface area contributed by atoms with E-state index in [9.17, 15) is 17.6 Å². The summed E-state index contributed by atoms with van der Waals surface area (Å²) in [5.41, 5.74) is 2.35.